The van der Waals surface area contributed by atoms with Gasteiger partial charge in [0, 0.05) is 22.7 Å². The number of hydrogen-bond acceptors (Lipinski definition) is 2. The van der Waals surface area contributed by atoms with Crippen LogP contribution in [0.2, 0.25) is 0 Å². The van der Waals surface area contributed by atoms with E-state index in [1.54, 1.807) is 0 Å². The Bertz CT molecular complexity index is 1170. The lowest BCUT2D eigenvalue weighted by molar-refractivity contribution is 0.0927. The molecule has 1 saturated carbocycles. The molecule has 1 amide bonds. The third-order valence-corrected chi connectivity index (χ3v) is 6.16. The first-order chi connectivity index (χ1) is 15.8. The number of aromatic nitrogens is 2. The standard InChI is InChI=1S/C28H27N3O/c32-28(29-24-14-8-3-9-15-24)23-16-18-25(19-17-23)31-27(22-12-6-2-7-13-22)20-26(30-31)21-10-4-1-5-11-21/h1-2,4-7,10-13,16-20,24H,3,8-9,14-15H2,(H,29,32). The minimum Gasteiger partial charge on any atom is -0.349 e. The van der Waals surface area contributed by atoms with Crippen LogP contribution in [0.4, 0.5) is 0 Å². The molecule has 1 heterocycles. The topological polar surface area (TPSA) is 46.9 Å². The van der Waals surface area contributed by atoms with Crippen molar-refractivity contribution in [2.75, 3.05) is 0 Å². The molecule has 4 aromatic rings. The smallest absolute Gasteiger partial charge is 0.251 e. The first-order valence-corrected chi connectivity index (χ1v) is 11.4. The minimum atomic E-state index is 0.0113. The highest BCUT2D eigenvalue weighted by molar-refractivity contribution is 5.94. The molecule has 0 radical (unpaired) electrons. The van der Waals surface area contributed by atoms with Crippen LogP contribution in [0, 0.1) is 0 Å². The van der Waals surface area contributed by atoms with E-state index in [1.165, 1.54) is 19.3 Å². The average Bonchev–Trinajstić information content (AvgIpc) is 3.31. The lowest BCUT2D eigenvalue weighted by Gasteiger charge is -2.22. The second kappa shape index (κ2) is 9.23. The van der Waals surface area contributed by atoms with Crippen molar-refractivity contribution in [1.29, 1.82) is 0 Å². The first-order valence-electron chi connectivity index (χ1n) is 11.4. The highest BCUT2D eigenvalue weighted by atomic mass is 16.1. The van der Waals surface area contributed by atoms with Gasteiger partial charge in [-0.05, 0) is 43.2 Å². The van der Waals surface area contributed by atoms with Gasteiger partial charge in [0.1, 0.15) is 0 Å². The second-order valence-corrected chi connectivity index (χ2v) is 8.41. The molecule has 0 unspecified atom stereocenters. The molecule has 0 aliphatic heterocycles. The molecule has 1 N–H and O–H groups in total. The molecule has 0 bridgehead atoms. The van der Waals surface area contributed by atoms with E-state index in [2.05, 4.69) is 35.6 Å². The van der Waals surface area contributed by atoms with Crippen molar-refractivity contribution in [3.05, 3.63) is 96.6 Å². The van der Waals surface area contributed by atoms with Gasteiger partial charge in [-0.2, -0.15) is 5.10 Å². The van der Waals surface area contributed by atoms with Crippen molar-refractivity contribution in [2.45, 2.75) is 38.1 Å². The Hall–Kier alpha value is -3.66. The Labute approximate surface area is 188 Å². The fourth-order valence-electron chi connectivity index (χ4n) is 4.41. The van der Waals surface area contributed by atoms with Crippen LogP contribution in [0.1, 0.15) is 42.5 Å². The van der Waals surface area contributed by atoms with Crippen molar-refractivity contribution in [1.82, 2.24) is 15.1 Å². The van der Waals surface area contributed by atoms with Crippen molar-refractivity contribution < 1.29 is 4.79 Å². The van der Waals surface area contributed by atoms with Crippen LogP contribution < -0.4 is 5.32 Å². The SMILES string of the molecule is O=C(NC1CCCCC1)c1ccc(-n2nc(-c3ccccc3)cc2-c2ccccc2)cc1. The number of nitrogens with one attached hydrogen (secondary N) is 1. The third-order valence-electron chi connectivity index (χ3n) is 6.16. The molecule has 4 nitrogen and oxygen atoms in total. The molecule has 1 aliphatic carbocycles. The highest BCUT2D eigenvalue weighted by Gasteiger charge is 2.17. The van der Waals surface area contributed by atoms with Gasteiger partial charge < -0.3 is 5.32 Å². The van der Waals surface area contributed by atoms with Crippen molar-refractivity contribution in [3.63, 3.8) is 0 Å². The minimum absolute atomic E-state index is 0.0113. The number of nitrogens with zero attached hydrogens (tertiary/aromatic N) is 2. The van der Waals surface area contributed by atoms with E-state index in [1.807, 2.05) is 65.3 Å². The Morgan fingerprint density at radius 2 is 1.41 bits per heavy atom. The van der Waals surface area contributed by atoms with E-state index in [0.717, 1.165) is 41.0 Å². The molecule has 1 aromatic heterocycles. The maximum atomic E-state index is 12.7. The van der Waals surface area contributed by atoms with Crippen molar-refractivity contribution in [2.24, 2.45) is 0 Å². The highest BCUT2D eigenvalue weighted by Crippen LogP contribution is 2.29. The Morgan fingerprint density at radius 1 is 0.781 bits per heavy atom. The summed E-state index contributed by atoms with van der Waals surface area (Å²) in [7, 11) is 0. The number of carbonyl (C=O) groups is 1. The van der Waals surface area contributed by atoms with Crippen LogP contribution in [-0.4, -0.2) is 21.7 Å². The lowest BCUT2D eigenvalue weighted by Crippen LogP contribution is -2.36. The lowest BCUT2D eigenvalue weighted by atomic mass is 9.95. The molecule has 0 saturated heterocycles. The zero-order valence-electron chi connectivity index (χ0n) is 18.1. The van der Waals surface area contributed by atoms with E-state index in [4.69, 9.17) is 5.10 Å². The molecule has 0 atom stereocenters. The van der Waals surface area contributed by atoms with Gasteiger partial charge in [-0.15, -0.1) is 0 Å². The van der Waals surface area contributed by atoms with Crippen molar-refractivity contribution >= 4 is 5.91 Å². The quantitative estimate of drug-likeness (QED) is 0.413. The normalized spacial score (nSPS) is 14.2. The van der Waals surface area contributed by atoms with Gasteiger partial charge >= 0.3 is 0 Å². The molecular formula is C28H27N3O. The molecule has 5 rings (SSSR count). The van der Waals surface area contributed by atoms with Gasteiger partial charge in [-0.25, -0.2) is 4.68 Å². The van der Waals surface area contributed by atoms with Crippen LogP contribution in [-0.2, 0) is 0 Å². The Morgan fingerprint density at radius 3 is 2.06 bits per heavy atom. The molecule has 0 spiro atoms. The predicted octanol–water partition coefficient (Wildman–Crippen LogP) is 6.27. The molecule has 160 valence electrons. The van der Waals surface area contributed by atoms with Crippen LogP contribution >= 0.6 is 0 Å². The van der Waals surface area contributed by atoms with E-state index in [-0.39, 0.29) is 5.91 Å². The van der Waals surface area contributed by atoms with E-state index in [9.17, 15) is 4.79 Å². The molecule has 1 fully saturated rings. The molecule has 32 heavy (non-hydrogen) atoms. The van der Waals surface area contributed by atoms with E-state index >= 15 is 0 Å². The fraction of sp³-hybridized carbons (Fsp3) is 0.214. The second-order valence-electron chi connectivity index (χ2n) is 8.41. The fourth-order valence-corrected chi connectivity index (χ4v) is 4.41. The summed E-state index contributed by atoms with van der Waals surface area (Å²) >= 11 is 0. The van der Waals surface area contributed by atoms with Crippen LogP contribution in [0.3, 0.4) is 0 Å². The van der Waals surface area contributed by atoms with Gasteiger partial charge in [0.2, 0.25) is 0 Å². The monoisotopic (exact) mass is 421 g/mol. The number of benzene rings is 3. The average molecular weight is 422 g/mol. The maximum absolute atomic E-state index is 12.7. The van der Waals surface area contributed by atoms with Gasteiger partial charge in [0.05, 0.1) is 17.1 Å². The summed E-state index contributed by atoms with van der Waals surface area (Å²) < 4.78 is 1.96. The van der Waals surface area contributed by atoms with Gasteiger partial charge in [0.25, 0.3) is 5.91 Å². The predicted molar refractivity (Wildman–Crippen MR) is 129 cm³/mol. The Kier molecular flexibility index (Phi) is 5.84. The van der Waals surface area contributed by atoms with Crippen molar-refractivity contribution in [3.8, 4) is 28.2 Å². The van der Waals surface area contributed by atoms with Gasteiger partial charge in [0.15, 0.2) is 0 Å². The largest absolute Gasteiger partial charge is 0.349 e. The first kappa shape index (κ1) is 20.3. The summed E-state index contributed by atoms with van der Waals surface area (Å²) in [6.07, 6.45) is 5.85. The summed E-state index contributed by atoms with van der Waals surface area (Å²) in [6.45, 7) is 0. The Balaban J connectivity index is 1.45. The summed E-state index contributed by atoms with van der Waals surface area (Å²) in [4.78, 5) is 12.7. The summed E-state index contributed by atoms with van der Waals surface area (Å²) in [5.41, 5.74) is 5.73. The van der Waals surface area contributed by atoms with Gasteiger partial charge in [-0.1, -0.05) is 79.9 Å². The molecular weight excluding hydrogens is 394 g/mol. The maximum Gasteiger partial charge on any atom is 0.251 e. The third kappa shape index (κ3) is 4.35. The number of amides is 1. The summed E-state index contributed by atoms with van der Waals surface area (Å²) in [5.74, 6) is 0.0113. The van der Waals surface area contributed by atoms with Crippen LogP contribution in [0.15, 0.2) is 91.0 Å². The number of rotatable bonds is 5. The summed E-state index contributed by atoms with van der Waals surface area (Å²) in [5, 5.41) is 8.11. The number of carbonyl (C=O) groups excluding carboxylic acids is 1. The number of hydrogen-bond donors (Lipinski definition) is 1. The van der Waals surface area contributed by atoms with E-state index < -0.39 is 0 Å². The van der Waals surface area contributed by atoms with E-state index in [0.29, 0.717) is 11.6 Å². The van der Waals surface area contributed by atoms with Gasteiger partial charge in [-0.3, -0.25) is 4.79 Å². The van der Waals surface area contributed by atoms with Crippen LogP contribution in [0.25, 0.3) is 28.2 Å². The molecule has 3 aromatic carbocycles. The zero-order valence-corrected chi connectivity index (χ0v) is 18.1. The van der Waals surface area contributed by atoms with Crippen LogP contribution in [0.5, 0.6) is 0 Å². The zero-order chi connectivity index (χ0) is 21.8. The summed E-state index contributed by atoms with van der Waals surface area (Å²) in [6, 6.07) is 30.6. The molecule has 4 heteroatoms. The molecule has 1 aliphatic rings.